The molecule has 0 N–H and O–H groups in total. The first-order valence-corrected chi connectivity index (χ1v) is 9.47. The normalized spacial score (nSPS) is 18.3. The second-order valence-electron chi connectivity index (χ2n) is 7.00. The van der Waals surface area contributed by atoms with Crippen LogP contribution in [0.4, 0.5) is 0 Å². The summed E-state index contributed by atoms with van der Waals surface area (Å²) in [5, 5.41) is 9.01. The lowest BCUT2D eigenvalue weighted by molar-refractivity contribution is 0.141. The van der Waals surface area contributed by atoms with Crippen molar-refractivity contribution < 1.29 is 4.74 Å². The Labute approximate surface area is 158 Å². The third kappa shape index (κ3) is 3.71. The van der Waals surface area contributed by atoms with Crippen molar-refractivity contribution in [1.29, 1.82) is 0 Å². The topological polar surface area (TPSA) is 60.2 Å². The minimum Gasteiger partial charge on any atom is -0.497 e. The van der Waals surface area contributed by atoms with Crippen LogP contribution >= 0.6 is 0 Å². The Kier molecular flexibility index (Phi) is 5.16. The number of methoxy groups -OCH3 is 1. The molecule has 2 aromatic carbocycles. The van der Waals surface area contributed by atoms with Gasteiger partial charge in [0.1, 0.15) is 11.3 Å². The van der Waals surface area contributed by atoms with Crippen molar-refractivity contribution in [3.8, 4) is 5.75 Å². The van der Waals surface area contributed by atoms with Gasteiger partial charge in [0.05, 0.1) is 19.2 Å². The molecule has 0 bridgehead atoms. The lowest BCUT2D eigenvalue weighted by Crippen LogP contribution is -2.36. The van der Waals surface area contributed by atoms with Crippen LogP contribution in [-0.2, 0) is 6.67 Å². The molecule has 0 spiro atoms. The summed E-state index contributed by atoms with van der Waals surface area (Å²) in [4.78, 5) is 15.2. The number of hydrogen-bond acceptors (Lipinski definition) is 5. The maximum atomic E-state index is 12.8. The molecule has 140 valence electrons. The van der Waals surface area contributed by atoms with Crippen molar-refractivity contribution in [2.45, 2.75) is 38.4 Å². The predicted molar refractivity (Wildman–Crippen MR) is 105 cm³/mol. The summed E-state index contributed by atoms with van der Waals surface area (Å²) in [5.41, 5.74) is 1.80. The van der Waals surface area contributed by atoms with Gasteiger partial charge in [-0.15, -0.1) is 5.10 Å². The smallest absolute Gasteiger partial charge is 0.278 e. The van der Waals surface area contributed by atoms with Gasteiger partial charge in [0.2, 0.25) is 0 Å². The summed E-state index contributed by atoms with van der Waals surface area (Å²) in [6.45, 7) is 1.39. The summed E-state index contributed by atoms with van der Waals surface area (Å²) in [6.07, 6.45) is 4.59. The molecular formula is C21H24N4O2. The van der Waals surface area contributed by atoms with Crippen molar-refractivity contribution in [1.82, 2.24) is 19.9 Å². The van der Waals surface area contributed by atoms with Crippen LogP contribution in [0.2, 0.25) is 0 Å². The molecule has 27 heavy (non-hydrogen) atoms. The molecule has 0 unspecified atom stereocenters. The van der Waals surface area contributed by atoms with Crippen LogP contribution in [0.3, 0.4) is 0 Å². The van der Waals surface area contributed by atoms with Crippen molar-refractivity contribution in [3.05, 3.63) is 64.4 Å². The molecule has 1 atom stereocenters. The van der Waals surface area contributed by atoms with Gasteiger partial charge < -0.3 is 4.74 Å². The van der Waals surface area contributed by atoms with Crippen LogP contribution in [0.25, 0.3) is 10.9 Å². The highest BCUT2D eigenvalue weighted by atomic mass is 16.5. The first-order chi connectivity index (χ1) is 13.3. The highest BCUT2D eigenvalue weighted by molar-refractivity contribution is 5.76. The van der Waals surface area contributed by atoms with Crippen LogP contribution in [0, 0.1) is 0 Å². The van der Waals surface area contributed by atoms with Crippen LogP contribution in [0.15, 0.2) is 53.3 Å². The Hall–Kier alpha value is -2.73. The number of fused-ring (bicyclic) bond motifs is 1. The Morgan fingerprint density at radius 2 is 1.89 bits per heavy atom. The molecule has 0 radical (unpaired) electrons. The molecule has 0 saturated carbocycles. The van der Waals surface area contributed by atoms with E-state index >= 15 is 0 Å². The van der Waals surface area contributed by atoms with E-state index in [0.717, 1.165) is 25.1 Å². The summed E-state index contributed by atoms with van der Waals surface area (Å²) in [5.74, 6) is 0.857. The minimum atomic E-state index is -0.0849. The Morgan fingerprint density at radius 1 is 1.07 bits per heavy atom. The molecule has 6 nitrogen and oxygen atoms in total. The van der Waals surface area contributed by atoms with E-state index in [0.29, 0.717) is 17.6 Å². The molecule has 2 heterocycles. The van der Waals surface area contributed by atoms with E-state index in [4.69, 9.17) is 4.74 Å². The summed E-state index contributed by atoms with van der Waals surface area (Å²) in [7, 11) is 1.68. The van der Waals surface area contributed by atoms with E-state index in [2.05, 4.69) is 27.3 Å². The number of likely N-dealkylation sites (tertiary alicyclic amines) is 1. The van der Waals surface area contributed by atoms with E-state index in [-0.39, 0.29) is 11.6 Å². The summed E-state index contributed by atoms with van der Waals surface area (Å²) < 4.78 is 6.77. The molecule has 1 aromatic heterocycles. The Balaban J connectivity index is 1.65. The van der Waals surface area contributed by atoms with Gasteiger partial charge in [-0.25, -0.2) is 0 Å². The molecule has 0 amide bonds. The largest absolute Gasteiger partial charge is 0.497 e. The summed E-state index contributed by atoms with van der Waals surface area (Å²) >= 11 is 0. The van der Waals surface area contributed by atoms with Crippen LogP contribution in [-0.4, -0.2) is 33.5 Å². The van der Waals surface area contributed by atoms with Gasteiger partial charge in [0.25, 0.3) is 5.56 Å². The zero-order valence-electron chi connectivity index (χ0n) is 15.5. The second-order valence-corrected chi connectivity index (χ2v) is 7.00. The highest BCUT2D eigenvalue weighted by Crippen LogP contribution is 2.31. The van der Waals surface area contributed by atoms with Gasteiger partial charge in [0.15, 0.2) is 0 Å². The molecule has 1 aliphatic heterocycles. The fourth-order valence-electron chi connectivity index (χ4n) is 3.83. The average molecular weight is 364 g/mol. The third-order valence-corrected chi connectivity index (χ3v) is 5.31. The van der Waals surface area contributed by atoms with Crippen molar-refractivity contribution >= 4 is 10.9 Å². The van der Waals surface area contributed by atoms with Gasteiger partial charge in [-0.2, -0.15) is 4.68 Å². The van der Waals surface area contributed by atoms with Crippen molar-refractivity contribution in [3.63, 3.8) is 0 Å². The highest BCUT2D eigenvalue weighted by Gasteiger charge is 2.24. The maximum Gasteiger partial charge on any atom is 0.278 e. The van der Waals surface area contributed by atoms with Crippen molar-refractivity contribution in [2.75, 3.05) is 13.7 Å². The van der Waals surface area contributed by atoms with Gasteiger partial charge in [0, 0.05) is 12.6 Å². The first kappa shape index (κ1) is 17.7. The first-order valence-electron chi connectivity index (χ1n) is 9.47. The Bertz CT molecular complexity index is 968. The average Bonchev–Trinajstić information content (AvgIpc) is 2.96. The number of hydrogen-bond donors (Lipinski definition) is 0. The zero-order valence-corrected chi connectivity index (χ0v) is 15.5. The van der Waals surface area contributed by atoms with Crippen LogP contribution in [0.5, 0.6) is 5.75 Å². The molecule has 0 aliphatic carbocycles. The van der Waals surface area contributed by atoms with E-state index < -0.39 is 0 Å². The predicted octanol–water partition coefficient (Wildman–Crippen LogP) is 3.37. The fourth-order valence-corrected chi connectivity index (χ4v) is 3.83. The van der Waals surface area contributed by atoms with Gasteiger partial charge >= 0.3 is 0 Å². The summed E-state index contributed by atoms with van der Waals surface area (Å²) in [6, 6.07) is 15.9. The number of nitrogens with zero attached hydrogens (tertiary/aromatic N) is 4. The molecule has 4 rings (SSSR count). The van der Waals surface area contributed by atoms with Crippen LogP contribution < -0.4 is 10.3 Å². The van der Waals surface area contributed by atoms with E-state index in [1.165, 1.54) is 23.1 Å². The van der Waals surface area contributed by atoms with Crippen molar-refractivity contribution in [2.24, 2.45) is 0 Å². The lowest BCUT2D eigenvalue weighted by Gasteiger charge is -2.30. The Morgan fingerprint density at radius 3 is 2.70 bits per heavy atom. The van der Waals surface area contributed by atoms with E-state index in [9.17, 15) is 4.79 Å². The molecule has 6 heteroatoms. The van der Waals surface area contributed by atoms with Crippen LogP contribution in [0.1, 0.15) is 37.3 Å². The molecule has 1 fully saturated rings. The number of rotatable bonds is 4. The lowest BCUT2D eigenvalue weighted by atomic mass is 10.0. The van der Waals surface area contributed by atoms with E-state index in [1.807, 2.05) is 36.4 Å². The minimum absolute atomic E-state index is 0.0849. The maximum absolute atomic E-state index is 12.8. The van der Waals surface area contributed by atoms with Gasteiger partial charge in [-0.3, -0.25) is 9.69 Å². The second kappa shape index (κ2) is 7.88. The molecule has 3 aromatic rings. The zero-order chi connectivity index (χ0) is 18.6. The quantitative estimate of drug-likeness (QED) is 0.710. The molecular weight excluding hydrogens is 340 g/mol. The third-order valence-electron chi connectivity index (χ3n) is 5.31. The SMILES string of the molecule is COc1ccc([C@@H]2CCCCCN2Cn2nnc3ccccc3c2=O)cc1. The fraction of sp³-hybridized carbons (Fsp3) is 0.381. The number of aromatic nitrogens is 3. The molecule has 1 aliphatic rings. The van der Waals surface area contributed by atoms with E-state index in [1.54, 1.807) is 7.11 Å². The monoisotopic (exact) mass is 364 g/mol. The molecule has 1 saturated heterocycles. The van der Waals surface area contributed by atoms with Gasteiger partial charge in [-0.05, 0) is 42.7 Å². The standard InChI is InChI=1S/C21H24N4O2/c1-27-17-12-10-16(11-13-17)20-9-3-2-6-14-24(20)15-25-21(26)18-7-4-5-8-19(18)22-23-25/h4-5,7-8,10-13,20H,2-3,6,9,14-15H2,1H3/t20-/m0/s1. The van der Waals surface area contributed by atoms with Gasteiger partial charge in [-0.1, -0.05) is 42.3 Å². The number of benzene rings is 2. The number of ether oxygens (including phenoxy) is 1.